The van der Waals surface area contributed by atoms with Gasteiger partial charge in [0.1, 0.15) is 5.82 Å². The van der Waals surface area contributed by atoms with Gasteiger partial charge in [0.05, 0.1) is 0 Å². The summed E-state index contributed by atoms with van der Waals surface area (Å²) in [5.41, 5.74) is 0. The van der Waals surface area contributed by atoms with E-state index in [-0.39, 0.29) is 11.8 Å². The van der Waals surface area contributed by atoms with Crippen LogP contribution in [0.5, 0.6) is 0 Å². The van der Waals surface area contributed by atoms with Gasteiger partial charge in [0.15, 0.2) is 0 Å². The lowest BCUT2D eigenvalue weighted by atomic mass is 9.85. The summed E-state index contributed by atoms with van der Waals surface area (Å²) in [5, 5.41) is 3.29. The molecule has 0 saturated heterocycles. The van der Waals surface area contributed by atoms with Gasteiger partial charge in [-0.3, -0.25) is 9.69 Å². The zero-order valence-electron chi connectivity index (χ0n) is 11.1. The van der Waals surface area contributed by atoms with Crippen molar-refractivity contribution in [1.29, 1.82) is 0 Å². The number of nitrogens with zero attached hydrogens (tertiary/aromatic N) is 2. The van der Waals surface area contributed by atoms with Crippen molar-refractivity contribution in [3.8, 4) is 0 Å². The molecule has 0 aromatic carbocycles. The smallest absolute Gasteiger partial charge is 0.230 e. The second-order valence-corrected chi connectivity index (χ2v) is 4.92. The lowest BCUT2D eigenvalue weighted by Gasteiger charge is -2.30. The van der Waals surface area contributed by atoms with Crippen LogP contribution in [0.25, 0.3) is 0 Å². The number of aromatic nitrogens is 1. The third-order valence-electron chi connectivity index (χ3n) is 3.81. The predicted molar refractivity (Wildman–Crippen MR) is 72.5 cm³/mol. The molecule has 0 atom stereocenters. The first-order chi connectivity index (χ1) is 8.72. The summed E-state index contributed by atoms with van der Waals surface area (Å²) in [6.45, 7) is 0. The first-order valence-corrected chi connectivity index (χ1v) is 6.58. The molecular weight excluding hydrogens is 226 g/mol. The first-order valence-electron chi connectivity index (χ1n) is 6.58. The molecule has 4 heteroatoms. The molecule has 1 saturated carbocycles. The lowest BCUT2D eigenvalue weighted by molar-refractivity contribution is -0.123. The van der Waals surface area contributed by atoms with Crippen molar-refractivity contribution >= 4 is 11.7 Å². The van der Waals surface area contributed by atoms with Crippen LogP contribution in [0.2, 0.25) is 0 Å². The van der Waals surface area contributed by atoms with Crippen molar-refractivity contribution in [1.82, 2.24) is 10.3 Å². The molecule has 0 bridgehead atoms. The molecule has 1 aromatic rings. The van der Waals surface area contributed by atoms with E-state index in [4.69, 9.17) is 0 Å². The van der Waals surface area contributed by atoms with E-state index in [1.54, 1.807) is 11.1 Å². The van der Waals surface area contributed by atoms with Crippen molar-refractivity contribution in [2.75, 3.05) is 19.0 Å². The molecule has 1 amide bonds. The van der Waals surface area contributed by atoms with Gasteiger partial charge < -0.3 is 5.32 Å². The maximum Gasteiger partial charge on any atom is 0.230 e. The molecule has 0 unspecified atom stereocenters. The van der Waals surface area contributed by atoms with Crippen LogP contribution in [0.15, 0.2) is 24.4 Å². The Morgan fingerprint density at radius 2 is 2.06 bits per heavy atom. The summed E-state index contributed by atoms with van der Waals surface area (Å²) >= 11 is 0. The van der Waals surface area contributed by atoms with Gasteiger partial charge in [0.25, 0.3) is 0 Å². The fourth-order valence-electron chi connectivity index (χ4n) is 2.57. The summed E-state index contributed by atoms with van der Waals surface area (Å²) in [6.07, 6.45) is 5.84. The van der Waals surface area contributed by atoms with Crippen LogP contribution in [0, 0.1) is 5.92 Å². The third-order valence-corrected chi connectivity index (χ3v) is 3.81. The largest absolute Gasteiger partial charge is 0.317 e. The molecule has 1 aliphatic carbocycles. The summed E-state index contributed by atoms with van der Waals surface area (Å²) in [4.78, 5) is 18.3. The molecule has 2 rings (SSSR count). The fourth-order valence-corrected chi connectivity index (χ4v) is 2.57. The number of pyridine rings is 1. The van der Waals surface area contributed by atoms with Gasteiger partial charge in [-0.2, -0.15) is 0 Å². The summed E-state index contributed by atoms with van der Waals surface area (Å²) in [6, 6.07) is 6.22. The van der Waals surface area contributed by atoms with Crippen LogP contribution in [-0.2, 0) is 4.79 Å². The lowest BCUT2D eigenvalue weighted by Crippen LogP contribution is -2.38. The maximum absolute atomic E-state index is 12.4. The van der Waals surface area contributed by atoms with Crippen molar-refractivity contribution in [2.45, 2.75) is 31.7 Å². The highest BCUT2D eigenvalue weighted by Gasteiger charge is 2.28. The molecule has 1 aliphatic rings. The van der Waals surface area contributed by atoms with Crippen LogP contribution in [0.1, 0.15) is 25.7 Å². The zero-order chi connectivity index (χ0) is 13.0. The molecule has 0 spiro atoms. The van der Waals surface area contributed by atoms with Gasteiger partial charge in [-0.25, -0.2) is 4.98 Å². The second kappa shape index (κ2) is 5.96. The molecule has 4 nitrogen and oxygen atoms in total. The molecule has 1 aromatic heterocycles. The molecule has 1 N–H and O–H groups in total. The topological polar surface area (TPSA) is 45.2 Å². The Balaban J connectivity index is 1.96. The Labute approximate surface area is 108 Å². The Morgan fingerprint density at radius 1 is 1.33 bits per heavy atom. The van der Waals surface area contributed by atoms with Crippen molar-refractivity contribution in [2.24, 2.45) is 5.92 Å². The van der Waals surface area contributed by atoms with E-state index in [9.17, 15) is 4.79 Å². The monoisotopic (exact) mass is 247 g/mol. The van der Waals surface area contributed by atoms with Crippen LogP contribution in [-0.4, -0.2) is 31.0 Å². The number of anilines is 1. The molecular formula is C14H21N3O. The van der Waals surface area contributed by atoms with Crippen molar-refractivity contribution in [3.05, 3.63) is 24.4 Å². The Hall–Kier alpha value is -1.42. The van der Waals surface area contributed by atoms with Crippen LogP contribution < -0.4 is 10.2 Å². The average molecular weight is 247 g/mol. The van der Waals surface area contributed by atoms with E-state index in [0.29, 0.717) is 6.04 Å². The quantitative estimate of drug-likeness (QED) is 0.886. The summed E-state index contributed by atoms with van der Waals surface area (Å²) in [7, 11) is 3.81. The highest BCUT2D eigenvalue weighted by Crippen LogP contribution is 2.26. The van der Waals surface area contributed by atoms with Gasteiger partial charge >= 0.3 is 0 Å². The molecule has 1 heterocycles. The highest BCUT2D eigenvalue weighted by atomic mass is 16.2. The average Bonchev–Trinajstić information content (AvgIpc) is 2.47. The van der Waals surface area contributed by atoms with Crippen molar-refractivity contribution < 1.29 is 4.79 Å². The minimum atomic E-state index is 0.154. The normalized spacial score (nSPS) is 23.7. The van der Waals surface area contributed by atoms with E-state index in [0.717, 1.165) is 31.5 Å². The number of hydrogen-bond acceptors (Lipinski definition) is 3. The minimum absolute atomic E-state index is 0.154. The Bertz CT molecular complexity index is 385. The third kappa shape index (κ3) is 2.88. The number of nitrogens with one attached hydrogen (secondary N) is 1. The van der Waals surface area contributed by atoms with Crippen LogP contribution in [0.4, 0.5) is 5.82 Å². The fraction of sp³-hybridized carbons (Fsp3) is 0.571. The van der Waals surface area contributed by atoms with Gasteiger partial charge in [0.2, 0.25) is 5.91 Å². The molecule has 0 aliphatic heterocycles. The number of hydrogen-bond donors (Lipinski definition) is 1. The standard InChI is InChI=1S/C14H21N3O/c1-15-12-8-6-11(7-9-12)14(18)17(2)13-5-3-4-10-16-13/h3-5,10-12,15H,6-9H2,1-2H3. The van der Waals surface area contributed by atoms with Gasteiger partial charge in [-0.1, -0.05) is 6.07 Å². The summed E-state index contributed by atoms with van der Waals surface area (Å²) < 4.78 is 0. The molecule has 1 fully saturated rings. The maximum atomic E-state index is 12.4. The van der Waals surface area contributed by atoms with Crippen LogP contribution in [0.3, 0.4) is 0 Å². The Morgan fingerprint density at radius 3 is 2.61 bits per heavy atom. The number of amides is 1. The van der Waals surface area contributed by atoms with Gasteiger partial charge in [-0.15, -0.1) is 0 Å². The van der Waals surface area contributed by atoms with E-state index in [2.05, 4.69) is 10.3 Å². The number of carbonyl (C=O) groups is 1. The van der Waals surface area contributed by atoms with Crippen LogP contribution >= 0.6 is 0 Å². The Kier molecular flexibility index (Phi) is 4.31. The highest BCUT2D eigenvalue weighted by molar-refractivity contribution is 5.93. The number of carbonyl (C=O) groups excluding carboxylic acids is 1. The molecule has 18 heavy (non-hydrogen) atoms. The van der Waals surface area contributed by atoms with Gasteiger partial charge in [0, 0.05) is 25.2 Å². The van der Waals surface area contributed by atoms with Crippen molar-refractivity contribution in [3.63, 3.8) is 0 Å². The number of rotatable bonds is 3. The SMILES string of the molecule is CNC1CCC(C(=O)N(C)c2ccccn2)CC1. The second-order valence-electron chi connectivity index (χ2n) is 4.92. The minimum Gasteiger partial charge on any atom is -0.317 e. The molecule has 0 radical (unpaired) electrons. The van der Waals surface area contributed by atoms with E-state index >= 15 is 0 Å². The zero-order valence-corrected chi connectivity index (χ0v) is 11.1. The van der Waals surface area contributed by atoms with E-state index < -0.39 is 0 Å². The predicted octanol–water partition coefficient (Wildman–Crippen LogP) is 1.82. The first kappa shape index (κ1) is 13.0. The van der Waals surface area contributed by atoms with E-state index in [1.165, 1.54) is 0 Å². The molecule has 98 valence electrons. The van der Waals surface area contributed by atoms with E-state index in [1.807, 2.05) is 32.3 Å². The summed E-state index contributed by atoms with van der Waals surface area (Å²) in [5.74, 6) is 1.09. The van der Waals surface area contributed by atoms with Gasteiger partial charge in [-0.05, 0) is 44.9 Å².